The molecule has 1 aliphatic rings. The predicted molar refractivity (Wildman–Crippen MR) is 133 cm³/mol. The average Bonchev–Trinajstić information content (AvgIpc) is 3.21. The quantitative estimate of drug-likeness (QED) is 0.305. The van der Waals surface area contributed by atoms with Gasteiger partial charge >= 0.3 is 0 Å². The van der Waals surface area contributed by atoms with Gasteiger partial charge in [0.1, 0.15) is 5.54 Å². The molecule has 0 unspecified atom stereocenters. The molecule has 6 N–H and O–H groups in total. The molecule has 1 saturated carbocycles. The molecule has 1 heterocycles. The van der Waals surface area contributed by atoms with E-state index in [0.29, 0.717) is 41.7 Å². The molecule has 0 radical (unpaired) electrons. The second kappa shape index (κ2) is 10.8. The molecule has 1 aromatic heterocycles. The van der Waals surface area contributed by atoms with Gasteiger partial charge in [0.05, 0.1) is 9.92 Å². The monoisotopic (exact) mass is 517 g/mol. The number of carbonyl (C=O) groups excluding carboxylic acids is 1. The van der Waals surface area contributed by atoms with Crippen LogP contribution in [0.1, 0.15) is 25.7 Å². The maximum absolute atomic E-state index is 13.4. The summed E-state index contributed by atoms with van der Waals surface area (Å²) in [5.41, 5.74) is 9.78. The number of likely N-dealkylation sites (N-methyl/N-ethyl adjacent to an activating group) is 2. The number of amides is 1. The van der Waals surface area contributed by atoms with Gasteiger partial charge in [-0.2, -0.15) is 9.71 Å². The van der Waals surface area contributed by atoms with Crippen LogP contribution in [0.2, 0.25) is 5.02 Å². The molecule has 1 fully saturated rings. The maximum atomic E-state index is 13.4. The summed E-state index contributed by atoms with van der Waals surface area (Å²) in [5, 5.41) is 4.26. The zero-order valence-electron chi connectivity index (χ0n) is 18.5. The van der Waals surface area contributed by atoms with E-state index < -0.39 is 15.6 Å². The van der Waals surface area contributed by atoms with Crippen molar-refractivity contribution >= 4 is 62.5 Å². The molecule has 1 aliphatic carbocycles. The van der Waals surface area contributed by atoms with Crippen LogP contribution in [0.5, 0.6) is 0 Å². The fourth-order valence-corrected chi connectivity index (χ4v) is 5.61. The molecule has 3 rings (SSSR count). The van der Waals surface area contributed by atoms with E-state index in [1.165, 1.54) is 18.3 Å². The number of rotatable bonds is 8. The Morgan fingerprint density at radius 2 is 1.94 bits per heavy atom. The van der Waals surface area contributed by atoms with Crippen molar-refractivity contribution < 1.29 is 13.2 Å². The molecule has 13 heteroatoms. The van der Waals surface area contributed by atoms with E-state index in [2.05, 4.69) is 20.0 Å². The third kappa shape index (κ3) is 5.85. The Kier molecular flexibility index (Phi) is 8.88. The van der Waals surface area contributed by atoms with Crippen molar-refractivity contribution in [1.82, 2.24) is 19.9 Å². The molecular formula is C20H29Cl2N7O3S. The summed E-state index contributed by atoms with van der Waals surface area (Å²) in [6.45, 7) is 1.08. The molecule has 10 nitrogen and oxygen atoms in total. The van der Waals surface area contributed by atoms with E-state index in [9.17, 15) is 13.2 Å². The summed E-state index contributed by atoms with van der Waals surface area (Å²) in [6, 6.07) is 4.42. The van der Waals surface area contributed by atoms with Crippen molar-refractivity contribution in [3.05, 3.63) is 29.4 Å². The number of halogens is 2. The summed E-state index contributed by atoms with van der Waals surface area (Å²) in [6.07, 6.45) is 3.80. The number of hydrogen-bond donors (Lipinski definition) is 4. The van der Waals surface area contributed by atoms with Gasteiger partial charge < -0.3 is 21.7 Å². The number of fused-ring (bicyclic) bond motifs is 1. The van der Waals surface area contributed by atoms with Crippen molar-refractivity contribution in [2.75, 3.05) is 27.2 Å². The van der Waals surface area contributed by atoms with Crippen molar-refractivity contribution in [1.29, 1.82) is 0 Å². The Labute approximate surface area is 204 Å². The number of aromatic nitrogens is 1. The zero-order valence-corrected chi connectivity index (χ0v) is 20.9. The molecule has 0 bridgehead atoms. The van der Waals surface area contributed by atoms with E-state index in [1.807, 2.05) is 0 Å². The molecule has 1 aromatic carbocycles. The van der Waals surface area contributed by atoms with Gasteiger partial charge in [0.25, 0.3) is 0 Å². The Morgan fingerprint density at radius 3 is 2.55 bits per heavy atom. The lowest BCUT2D eigenvalue weighted by molar-refractivity contribution is -0.136. The topological polar surface area (TPSA) is 156 Å². The van der Waals surface area contributed by atoms with Gasteiger partial charge in [0, 0.05) is 37.1 Å². The number of nitrogens with two attached hydrogens (primary N) is 2. The Morgan fingerprint density at radius 1 is 1.27 bits per heavy atom. The van der Waals surface area contributed by atoms with Crippen LogP contribution in [0.3, 0.4) is 0 Å². The largest absolute Gasteiger partial charge is 0.370 e. The van der Waals surface area contributed by atoms with Crippen LogP contribution in [0.4, 0.5) is 5.82 Å². The number of aliphatic imine (C=N–C) groups is 1. The number of nitrogens with zero attached hydrogens (tertiary/aromatic N) is 3. The molecule has 182 valence electrons. The highest BCUT2D eigenvalue weighted by atomic mass is 35.5. The van der Waals surface area contributed by atoms with Crippen LogP contribution in [0.25, 0.3) is 10.8 Å². The van der Waals surface area contributed by atoms with E-state index in [1.54, 1.807) is 25.1 Å². The first-order chi connectivity index (χ1) is 15.1. The minimum absolute atomic E-state index is 0. The highest BCUT2D eigenvalue weighted by Crippen LogP contribution is 2.35. The number of pyridine rings is 1. The highest BCUT2D eigenvalue weighted by molar-refractivity contribution is 7.89. The summed E-state index contributed by atoms with van der Waals surface area (Å²) >= 11 is 6.22. The maximum Gasteiger partial charge on any atom is 0.243 e. The number of benzene rings is 1. The normalized spacial score (nSPS) is 15.1. The summed E-state index contributed by atoms with van der Waals surface area (Å²) < 4.78 is 29.4. The smallest absolute Gasteiger partial charge is 0.243 e. The van der Waals surface area contributed by atoms with Gasteiger partial charge in [0.2, 0.25) is 15.9 Å². The van der Waals surface area contributed by atoms with Crippen LogP contribution in [-0.2, 0) is 14.8 Å². The van der Waals surface area contributed by atoms with Crippen molar-refractivity contribution in [2.45, 2.75) is 36.1 Å². The third-order valence-electron chi connectivity index (χ3n) is 5.57. The lowest BCUT2D eigenvalue weighted by atomic mass is 9.97. The first-order valence-electron chi connectivity index (χ1n) is 10.2. The van der Waals surface area contributed by atoms with Gasteiger partial charge in [-0.3, -0.25) is 4.79 Å². The summed E-state index contributed by atoms with van der Waals surface area (Å²) in [4.78, 5) is 22.8. The van der Waals surface area contributed by atoms with Gasteiger partial charge in [-0.05, 0) is 32.0 Å². The Hall–Kier alpha value is -2.18. The summed E-state index contributed by atoms with van der Waals surface area (Å²) in [5.74, 6) is -0.298. The Bertz CT molecular complexity index is 1150. The molecule has 2 aromatic rings. The number of guanidine groups is 1. The van der Waals surface area contributed by atoms with Gasteiger partial charge in [-0.1, -0.05) is 30.5 Å². The molecule has 0 saturated heterocycles. The molecule has 1 amide bonds. The van der Waals surface area contributed by atoms with E-state index in [-0.39, 0.29) is 35.0 Å². The van der Waals surface area contributed by atoms with Gasteiger partial charge in [-0.25, -0.2) is 13.4 Å². The number of carbonyl (C=O) groups is 1. The number of nitrogens with one attached hydrogen (secondary N) is 2. The van der Waals surface area contributed by atoms with Crippen molar-refractivity contribution in [3.63, 3.8) is 0 Å². The second-order valence-corrected chi connectivity index (χ2v) is 9.99. The minimum atomic E-state index is -4.05. The van der Waals surface area contributed by atoms with Crippen LogP contribution < -0.4 is 21.5 Å². The van der Waals surface area contributed by atoms with Crippen LogP contribution >= 0.6 is 24.0 Å². The predicted octanol–water partition coefficient (Wildman–Crippen LogP) is 1.48. The van der Waals surface area contributed by atoms with Crippen molar-refractivity contribution in [3.8, 4) is 0 Å². The average molecular weight is 518 g/mol. The SMILES string of the molecule is CNCCN(C)C(=O)C1(NS(=O)(=O)c2ccc3c(Cl)cnc(N=C(N)N)c3c2)CCCC1.Cl. The first-order valence-corrected chi connectivity index (χ1v) is 12.1. The van der Waals surface area contributed by atoms with E-state index >= 15 is 0 Å². The summed E-state index contributed by atoms with van der Waals surface area (Å²) in [7, 11) is -0.570. The first kappa shape index (κ1) is 27.1. The van der Waals surface area contributed by atoms with E-state index in [4.69, 9.17) is 23.1 Å². The van der Waals surface area contributed by atoms with Gasteiger partial charge in [0.15, 0.2) is 11.8 Å². The molecule has 33 heavy (non-hydrogen) atoms. The third-order valence-corrected chi connectivity index (χ3v) is 7.41. The van der Waals surface area contributed by atoms with Crippen LogP contribution in [-0.4, -0.2) is 62.9 Å². The standard InChI is InChI=1S/C20H28ClN7O3S.ClH/c1-24-9-10-28(2)18(29)20(7-3-4-8-20)27-32(30,31)13-5-6-14-15(11-13)17(26-19(22)23)25-12-16(14)21;/h5-6,11-12,24,27H,3-4,7-10H2,1-2H3,(H4,22,23,25,26);1H. The van der Waals surface area contributed by atoms with Gasteiger partial charge in [-0.15, -0.1) is 12.4 Å². The minimum Gasteiger partial charge on any atom is -0.370 e. The molecule has 0 aliphatic heterocycles. The fourth-order valence-electron chi connectivity index (χ4n) is 3.95. The Balaban J connectivity index is 0.00000385. The lowest BCUT2D eigenvalue weighted by Gasteiger charge is -2.33. The van der Waals surface area contributed by atoms with Crippen molar-refractivity contribution in [2.24, 2.45) is 16.5 Å². The number of sulfonamides is 1. The zero-order chi connectivity index (χ0) is 23.5. The molecular weight excluding hydrogens is 489 g/mol. The highest BCUT2D eigenvalue weighted by Gasteiger charge is 2.45. The number of hydrogen-bond acceptors (Lipinski definition) is 6. The van der Waals surface area contributed by atoms with E-state index in [0.717, 1.165) is 12.8 Å². The van der Waals surface area contributed by atoms with Crippen LogP contribution in [0, 0.1) is 0 Å². The fraction of sp³-hybridized carbons (Fsp3) is 0.450. The lowest BCUT2D eigenvalue weighted by Crippen LogP contribution is -2.57. The van der Waals surface area contributed by atoms with Crippen LogP contribution in [0.15, 0.2) is 34.3 Å². The molecule has 0 atom stereocenters. The second-order valence-electron chi connectivity index (χ2n) is 7.90. The molecule has 0 spiro atoms.